The molecule has 2 rings (SSSR count). The van der Waals surface area contributed by atoms with E-state index in [2.05, 4.69) is 20.2 Å². The van der Waals surface area contributed by atoms with Crippen molar-refractivity contribution < 1.29 is 21.6 Å². The molecule has 0 saturated heterocycles. The highest BCUT2D eigenvalue weighted by atomic mass is 32.2. The molecule has 1 heterocycles. The normalized spacial score (nSPS) is 12.0. The van der Waals surface area contributed by atoms with E-state index in [1.165, 1.54) is 24.3 Å². The van der Waals surface area contributed by atoms with Gasteiger partial charge in [0.15, 0.2) is 11.6 Å². The fourth-order valence-corrected chi connectivity index (χ4v) is 2.92. The number of halogens is 3. The van der Waals surface area contributed by atoms with Crippen molar-refractivity contribution in [1.82, 2.24) is 10.2 Å². The van der Waals surface area contributed by atoms with Crippen molar-refractivity contribution in [3.05, 3.63) is 42.0 Å². The zero-order chi connectivity index (χ0) is 17.8. The third kappa shape index (κ3) is 5.08. The number of aromatic nitrogens is 2. The van der Waals surface area contributed by atoms with E-state index in [1.807, 2.05) is 0 Å². The average Bonchev–Trinajstić information content (AvgIpc) is 2.48. The van der Waals surface area contributed by atoms with E-state index in [0.29, 0.717) is 6.42 Å². The van der Waals surface area contributed by atoms with Gasteiger partial charge in [-0.05, 0) is 36.8 Å². The fourth-order valence-electron chi connectivity index (χ4n) is 1.85. The molecule has 0 bridgehead atoms. The van der Waals surface area contributed by atoms with Gasteiger partial charge >= 0.3 is 6.18 Å². The van der Waals surface area contributed by atoms with Gasteiger partial charge in [-0.2, -0.15) is 13.2 Å². The SMILES string of the molecule is CCCS(=O)(=O)Nc1ccc(Nc2cccc(C(F)(F)F)c2)nn1. The number of nitrogens with zero attached hydrogens (tertiary/aromatic N) is 2. The minimum atomic E-state index is -4.44. The van der Waals surface area contributed by atoms with Crippen molar-refractivity contribution in [2.75, 3.05) is 15.8 Å². The van der Waals surface area contributed by atoms with Crippen molar-refractivity contribution >= 4 is 27.3 Å². The molecule has 2 aromatic rings. The largest absolute Gasteiger partial charge is 0.416 e. The van der Waals surface area contributed by atoms with Gasteiger partial charge in [-0.3, -0.25) is 4.72 Å². The molecule has 0 aliphatic heterocycles. The molecule has 6 nitrogen and oxygen atoms in total. The van der Waals surface area contributed by atoms with Crippen LogP contribution in [0.25, 0.3) is 0 Å². The molecule has 0 atom stereocenters. The zero-order valence-corrected chi connectivity index (χ0v) is 13.4. The molecule has 0 radical (unpaired) electrons. The smallest absolute Gasteiger partial charge is 0.339 e. The van der Waals surface area contributed by atoms with Crippen LogP contribution in [0.3, 0.4) is 0 Å². The Hall–Kier alpha value is -2.36. The Morgan fingerprint density at radius 1 is 1.08 bits per heavy atom. The first kappa shape index (κ1) is 18.0. The third-order valence-corrected chi connectivity index (χ3v) is 4.33. The number of anilines is 3. The number of sulfonamides is 1. The number of alkyl halides is 3. The molecule has 130 valence electrons. The van der Waals surface area contributed by atoms with E-state index in [0.717, 1.165) is 12.1 Å². The van der Waals surface area contributed by atoms with Gasteiger partial charge < -0.3 is 5.32 Å². The van der Waals surface area contributed by atoms with Crippen LogP contribution in [0.15, 0.2) is 36.4 Å². The quantitative estimate of drug-likeness (QED) is 0.825. The van der Waals surface area contributed by atoms with Crippen LogP contribution in [-0.2, 0) is 16.2 Å². The van der Waals surface area contributed by atoms with Crippen LogP contribution in [0, 0.1) is 0 Å². The maximum absolute atomic E-state index is 12.7. The zero-order valence-electron chi connectivity index (χ0n) is 12.6. The van der Waals surface area contributed by atoms with E-state index in [9.17, 15) is 21.6 Å². The number of benzene rings is 1. The maximum Gasteiger partial charge on any atom is 0.416 e. The van der Waals surface area contributed by atoms with Crippen LogP contribution in [0.2, 0.25) is 0 Å². The van der Waals surface area contributed by atoms with E-state index < -0.39 is 21.8 Å². The lowest BCUT2D eigenvalue weighted by Crippen LogP contribution is -2.17. The Kier molecular flexibility index (Phi) is 5.27. The van der Waals surface area contributed by atoms with E-state index in [-0.39, 0.29) is 23.1 Å². The van der Waals surface area contributed by atoms with Gasteiger partial charge in [0, 0.05) is 5.69 Å². The molecule has 0 unspecified atom stereocenters. The van der Waals surface area contributed by atoms with Crippen molar-refractivity contribution in [2.45, 2.75) is 19.5 Å². The first-order valence-corrected chi connectivity index (χ1v) is 8.63. The van der Waals surface area contributed by atoms with Gasteiger partial charge in [-0.1, -0.05) is 13.0 Å². The summed E-state index contributed by atoms with van der Waals surface area (Å²) in [5, 5.41) is 10.1. The summed E-state index contributed by atoms with van der Waals surface area (Å²) < 4.78 is 63.5. The predicted octanol–water partition coefficient (Wildman–Crippen LogP) is 3.39. The highest BCUT2D eigenvalue weighted by molar-refractivity contribution is 7.92. The number of hydrogen-bond donors (Lipinski definition) is 2. The van der Waals surface area contributed by atoms with Gasteiger partial charge in [0.05, 0.1) is 11.3 Å². The lowest BCUT2D eigenvalue weighted by molar-refractivity contribution is -0.137. The molecule has 10 heteroatoms. The molecule has 0 spiro atoms. The molecule has 0 amide bonds. The summed E-state index contributed by atoms with van der Waals surface area (Å²) in [5.41, 5.74) is -0.595. The lowest BCUT2D eigenvalue weighted by atomic mass is 10.2. The molecule has 24 heavy (non-hydrogen) atoms. The fraction of sp³-hybridized carbons (Fsp3) is 0.286. The van der Waals surface area contributed by atoms with Crippen LogP contribution < -0.4 is 10.0 Å². The first-order valence-electron chi connectivity index (χ1n) is 6.98. The summed E-state index contributed by atoms with van der Waals surface area (Å²) in [4.78, 5) is 0. The summed E-state index contributed by atoms with van der Waals surface area (Å²) in [6.45, 7) is 1.73. The van der Waals surface area contributed by atoms with Gasteiger partial charge in [-0.15, -0.1) is 10.2 Å². The Morgan fingerprint density at radius 3 is 2.33 bits per heavy atom. The van der Waals surface area contributed by atoms with Gasteiger partial charge in [0.2, 0.25) is 10.0 Å². The van der Waals surface area contributed by atoms with E-state index >= 15 is 0 Å². The molecule has 0 saturated carbocycles. The van der Waals surface area contributed by atoms with Gasteiger partial charge in [-0.25, -0.2) is 8.42 Å². The highest BCUT2D eigenvalue weighted by Crippen LogP contribution is 2.31. The van der Waals surface area contributed by atoms with Gasteiger partial charge in [0.1, 0.15) is 0 Å². The molecule has 0 aliphatic rings. The summed E-state index contributed by atoms with van der Waals surface area (Å²) in [5.74, 6) is 0.185. The van der Waals surface area contributed by atoms with Crippen LogP contribution in [-0.4, -0.2) is 24.4 Å². The minimum Gasteiger partial charge on any atom is -0.339 e. The van der Waals surface area contributed by atoms with Crippen LogP contribution in [0.1, 0.15) is 18.9 Å². The second kappa shape index (κ2) is 7.04. The monoisotopic (exact) mass is 360 g/mol. The summed E-state index contributed by atoms with van der Waals surface area (Å²) in [6, 6.07) is 7.41. The molecular formula is C14H15F3N4O2S. The molecule has 2 N–H and O–H groups in total. The Balaban J connectivity index is 2.10. The van der Waals surface area contributed by atoms with Crippen LogP contribution >= 0.6 is 0 Å². The standard InChI is InChI=1S/C14H15F3N4O2S/c1-2-8-24(22,23)21-13-7-6-12(19-20-13)18-11-5-3-4-10(9-11)14(15,16)17/h3-7,9H,2,8H2,1H3,(H,18,19)(H,20,21). The van der Waals surface area contributed by atoms with Crippen molar-refractivity contribution in [2.24, 2.45) is 0 Å². The minimum absolute atomic E-state index is 0.0399. The first-order chi connectivity index (χ1) is 11.2. The molecule has 1 aromatic heterocycles. The summed E-state index contributed by atoms with van der Waals surface area (Å²) in [6.07, 6.45) is -3.98. The Morgan fingerprint density at radius 2 is 1.75 bits per heavy atom. The highest BCUT2D eigenvalue weighted by Gasteiger charge is 2.30. The van der Waals surface area contributed by atoms with Crippen LogP contribution in [0.5, 0.6) is 0 Å². The molecule has 1 aromatic carbocycles. The summed E-state index contributed by atoms with van der Waals surface area (Å²) in [7, 11) is -3.48. The van der Waals surface area contributed by atoms with Crippen molar-refractivity contribution in [3.63, 3.8) is 0 Å². The number of hydrogen-bond acceptors (Lipinski definition) is 5. The second-order valence-electron chi connectivity index (χ2n) is 4.93. The van der Waals surface area contributed by atoms with Crippen LogP contribution in [0.4, 0.5) is 30.5 Å². The number of nitrogens with one attached hydrogen (secondary N) is 2. The molecule has 0 aliphatic carbocycles. The maximum atomic E-state index is 12.7. The summed E-state index contributed by atoms with van der Waals surface area (Å²) >= 11 is 0. The third-order valence-electron chi connectivity index (χ3n) is 2.86. The Bertz CT molecular complexity index is 792. The second-order valence-corrected chi connectivity index (χ2v) is 6.77. The van der Waals surface area contributed by atoms with E-state index in [1.54, 1.807) is 6.92 Å². The predicted molar refractivity (Wildman–Crippen MR) is 84.5 cm³/mol. The van der Waals surface area contributed by atoms with Crippen molar-refractivity contribution in [3.8, 4) is 0 Å². The molecular weight excluding hydrogens is 345 g/mol. The topological polar surface area (TPSA) is 84.0 Å². The van der Waals surface area contributed by atoms with Gasteiger partial charge in [0.25, 0.3) is 0 Å². The Labute approximate surface area is 137 Å². The number of rotatable bonds is 6. The van der Waals surface area contributed by atoms with E-state index in [4.69, 9.17) is 0 Å². The van der Waals surface area contributed by atoms with Crippen molar-refractivity contribution in [1.29, 1.82) is 0 Å². The molecule has 0 fully saturated rings. The average molecular weight is 360 g/mol. The lowest BCUT2D eigenvalue weighted by Gasteiger charge is -2.10.